The molecule has 0 amide bonds. The van der Waals surface area contributed by atoms with Crippen LogP contribution in [0.1, 0.15) is 6.42 Å². The summed E-state index contributed by atoms with van der Waals surface area (Å²) in [7, 11) is 0. The molecule has 0 aliphatic heterocycles. The van der Waals surface area contributed by atoms with Gasteiger partial charge in [0.1, 0.15) is 0 Å². The summed E-state index contributed by atoms with van der Waals surface area (Å²) < 4.78 is 0. The zero-order chi connectivity index (χ0) is 5.70. The molecule has 0 radical (unpaired) electrons. The van der Waals surface area contributed by atoms with Crippen LogP contribution in [0.4, 0.5) is 0 Å². The summed E-state index contributed by atoms with van der Waals surface area (Å²) in [6.45, 7) is 3.20. The van der Waals surface area contributed by atoms with Gasteiger partial charge < -0.3 is 10.2 Å². The van der Waals surface area contributed by atoms with Gasteiger partial charge in [0.2, 0.25) is 0 Å². The monoisotopic (exact) mass is 102 g/mol. The Morgan fingerprint density at radius 3 is 2.43 bits per heavy atom. The van der Waals surface area contributed by atoms with E-state index < -0.39 is 6.10 Å². The van der Waals surface area contributed by atoms with Crippen molar-refractivity contribution in [3.63, 3.8) is 0 Å². The molecule has 0 fully saturated rings. The maximum absolute atomic E-state index is 8.54. The van der Waals surface area contributed by atoms with Crippen molar-refractivity contribution >= 4 is 0 Å². The van der Waals surface area contributed by atoms with Crippen molar-refractivity contribution in [1.82, 2.24) is 0 Å². The van der Waals surface area contributed by atoms with Crippen LogP contribution in [0.25, 0.3) is 0 Å². The van der Waals surface area contributed by atoms with Crippen molar-refractivity contribution in [2.24, 2.45) is 0 Å². The topological polar surface area (TPSA) is 40.5 Å². The number of hydrogen-bond donors (Lipinski definition) is 2. The average molecular weight is 102 g/mol. The number of rotatable bonds is 3. The minimum Gasteiger partial charge on any atom is -0.394 e. The molecule has 0 aromatic carbocycles. The summed E-state index contributed by atoms with van der Waals surface area (Å²) in [5.41, 5.74) is 0. The summed E-state index contributed by atoms with van der Waals surface area (Å²) in [4.78, 5) is 0. The molecule has 0 heterocycles. The molecule has 1 atom stereocenters. The Labute approximate surface area is 43.1 Å². The second kappa shape index (κ2) is 3.84. The van der Waals surface area contributed by atoms with Crippen molar-refractivity contribution in [1.29, 1.82) is 0 Å². The SMILES string of the molecule is C=CC[C@H](O)CO. The second-order valence-corrected chi connectivity index (χ2v) is 1.36. The molecule has 0 unspecified atom stereocenters. The Hall–Kier alpha value is -0.340. The van der Waals surface area contributed by atoms with Crippen LogP contribution < -0.4 is 0 Å². The van der Waals surface area contributed by atoms with Gasteiger partial charge in [-0.25, -0.2) is 0 Å². The van der Waals surface area contributed by atoms with Crippen molar-refractivity contribution < 1.29 is 10.2 Å². The average Bonchev–Trinajstić information content (AvgIpc) is 1.68. The van der Waals surface area contributed by atoms with Crippen molar-refractivity contribution in [2.75, 3.05) is 6.61 Å². The number of hydrogen-bond acceptors (Lipinski definition) is 2. The maximum Gasteiger partial charge on any atom is 0.0805 e. The van der Waals surface area contributed by atoms with Crippen LogP contribution in [0.5, 0.6) is 0 Å². The molecule has 2 heteroatoms. The van der Waals surface area contributed by atoms with E-state index in [0.717, 1.165) is 0 Å². The largest absolute Gasteiger partial charge is 0.394 e. The molecule has 42 valence electrons. The van der Waals surface area contributed by atoms with E-state index in [4.69, 9.17) is 10.2 Å². The molecule has 0 spiro atoms. The fourth-order valence-corrected chi connectivity index (χ4v) is 0.267. The lowest BCUT2D eigenvalue weighted by molar-refractivity contribution is 0.0976. The third kappa shape index (κ3) is 3.49. The van der Waals surface area contributed by atoms with E-state index in [2.05, 4.69) is 6.58 Å². The molecule has 7 heavy (non-hydrogen) atoms. The van der Waals surface area contributed by atoms with Gasteiger partial charge in [-0.05, 0) is 6.42 Å². The zero-order valence-electron chi connectivity index (χ0n) is 4.17. The normalized spacial score (nSPS) is 13.4. The summed E-state index contributed by atoms with van der Waals surface area (Å²) in [5.74, 6) is 0. The van der Waals surface area contributed by atoms with Gasteiger partial charge in [0, 0.05) is 0 Å². The smallest absolute Gasteiger partial charge is 0.0805 e. The van der Waals surface area contributed by atoms with Gasteiger partial charge in [0.05, 0.1) is 12.7 Å². The Morgan fingerprint density at radius 2 is 2.29 bits per heavy atom. The van der Waals surface area contributed by atoms with E-state index in [1.54, 1.807) is 6.08 Å². The third-order valence-electron chi connectivity index (χ3n) is 0.649. The van der Waals surface area contributed by atoms with Gasteiger partial charge in [-0.15, -0.1) is 6.58 Å². The summed E-state index contributed by atoms with van der Waals surface area (Å²) in [5, 5.41) is 16.7. The van der Waals surface area contributed by atoms with Gasteiger partial charge in [-0.2, -0.15) is 0 Å². The lowest BCUT2D eigenvalue weighted by Gasteiger charge is -1.98. The second-order valence-electron chi connectivity index (χ2n) is 1.36. The van der Waals surface area contributed by atoms with Crippen LogP contribution in [-0.4, -0.2) is 22.9 Å². The molecule has 2 nitrogen and oxygen atoms in total. The molecule has 0 aromatic rings. The van der Waals surface area contributed by atoms with Gasteiger partial charge in [-0.1, -0.05) is 6.08 Å². The predicted octanol–water partition coefficient (Wildman–Crippen LogP) is -0.0843. The van der Waals surface area contributed by atoms with Crippen LogP contribution in [0.15, 0.2) is 12.7 Å². The van der Waals surface area contributed by atoms with Crippen LogP contribution in [0, 0.1) is 0 Å². The van der Waals surface area contributed by atoms with Gasteiger partial charge >= 0.3 is 0 Å². The first kappa shape index (κ1) is 6.66. The first-order valence-corrected chi connectivity index (χ1v) is 2.21. The minimum absolute atomic E-state index is 0.175. The third-order valence-corrected chi connectivity index (χ3v) is 0.649. The van der Waals surface area contributed by atoms with Crippen molar-refractivity contribution in [2.45, 2.75) is 12.5 Å². The van der Waals surface area contributed by atoms with Gasteiger partial charge in [-0.3, -0.25) is 0 Å². The highest BCUT2D eigenvalue weighted by molar-refractivity contribution is 4.70. The fourth-order valence-electron chi connectivity index (χ4n) is 0.267. The lowest BCUT2D eigenvalue weighted by Crippen LogP contribution is -2.09. The Balaban J connectivity index is 2.98. The minimum atomic E-state index is -0.613. The van der Waals surface area contributed by atoms with Crippen LogP contribution in [0.2, 0.25) is 0 Å². The quantitative estimate of drug-likeness (QED) is 0.489. The lowest BCUT2D eigenvalue weighted by atomic mass is 10.3. The van der Waals surface area contributed by atoms with Gasteiger partial charge in [0.15, 0.2) is 0 Å². The molecule has 0 aromatic heterocycles. The summed E-state index contributed by atoms with van der Waals surface area (Å²) >= 11 is 0. The summed E-state index contributed by atoms with van der Waals surface area (Å²) in [6, 6.07) is 0. The molecule has 0 rings (SSSR count). The zero-order valence-corrected chi connectivity index (χ0v) is 4.17. The van der Waals surface area contributed by atoms with E-state index in [1.165, 1.54) is 0 Å². The molecule has 0 aliphatic carbocycles. The van der Waals surface area contributed by atoms with E-state index >= 15 is 0 Å². The molecule has 0 bridgehead atoms. The van der Waals surface area contributed by atoms with E-state index in [1.807, 2.05) is 0 Å². The van der Waals surface area contributed by atoms with E-state index in [0.29, 0.717) is 6.42 Å². The maximum atomic E-state index is 8.54. The molecule has 0 saturated carbocycles. The molecular weight excluding hydrogens is 92.1 g/mol. The highest BCUT2D eigenvalue weighted by Crippen LogP contribution is 1.87. The van der Waals surface area contributed by atoms with E-state index in [-0.39, 0.29) is 6.61 Å². The molecular formula is C5H10O2. The highest BCUT2D eigenvalue weighted by atomic mass is 16.3. The first-order valence-electron chi connectivity index (χ1n) is 2.21. The fraction of sp³-hybridized carbons (Fsp3) is 0.600. The predicted molar refractivity (Wildman–Crippen MR) is 27.9 cm³/mol. The van der Waals surface area contributed by atoms with Crippen molar-refractivity contribution in [3.05, 3.63) is 12.7 Å². The standard InChI is InChI=1S/C5H10O2/c1-2-3-5(7)4-6/h2,5-7H,1,3-4H2/t5-/m0/s1. The molecule has 2 N–H and O–H groups in total. The number of aliphatic hydroxyl groups is 2. The number of aliphatic hydroxyl groups excluding tert-OH is 2. The Bertz CT molecular complexity index is 52.0. The Morgan fingerprint density at radius 1 is 1.71 bits per heavy atom. The van der Waals surface area contributed by atoms with Gasteiger partial charge in [0.25, 0.3) is 0 Å². The van der Waals surface area contributed by atoms with E-state index in [9.17, 15) is 0 Å². The highest BCUT2D eigenvalue weighted by Gasteiger charge is 1.94. The van der Waals surface area contributed by atoms with Crippen LogP contribution in [0.3, 0.4) is 0 Å². The Kier molecular flexibility index (Phi) is 3.65. The molecule has 0 saturated heterocycles. The first-order chi connectivity index (χ1) is 3.31. The van der Waals surface area contributed by atoms with Crippen LogP contribution in [-0.2, 0) is 0 Å². The molecule has 0 aliphatic rings. The van der Waals surface area contributed by atoms with Crippen LogP contribution >= 0.6 is 0 Å². The van der Waals surface area contributed by atoms with Crippen molar-refractivity contribution in [3.8, 4) is 0 Å². The summed E-state index contributed by atoms with van der Waals surface area (Å²) in [6.07, 6.45) is 1.43.